The van der Waals surface area contributed by atoms with Crippen LogP contribution < -0.4 is 5.32 Å². The number of carbonyl (C=O) groups excluding carboxylic acids is 2. The van der Waals surface area contributed by atoms with Gasteiger partial charge in [0.15, 0.2) is 0 Å². The van der Waals surface area contributed by atoms with Gasteiger partial charge >= 0.3 is 0 Å². The van der Waals surface area contributed by atoms with E-state index in [1.165, 1.54) is 5.56 Å². The Balaban J connectivity index is 1.84. The molecule has 4 nitrogen and oxygen atoms in total. The first kappa shape index (κ1) is 16.5. The number of rotatable bonds is 7. The molecule has 1 atom stereocenters. The van der Waals surface area contributed by atoms with Crippen LogP contribution in [-0.4, -0.2) is 35.8 Å². The lowest BCUT2D eigenvalue weighted by Gasteiger charge is -2.19. The van der Waals surface area contributed by atoms with E-state index in [2.05, 4.69) is 31.3 Å². The number of nitrogens with zero attached hydrogens (tertiary/aromatic N) is 1. The second-order valence-electron chi connectivity index (χ2n) is 6.00. The zero-order valence-corrected chi connectivity index (χ0v) is 13.5. The summed E-state index contributed by atoms with van der Waals surface area (Å²) in [5.74, 6) is -0.0613. The maximum atomic E-state index is 12.2. The summed E-state index contributed by atoms with van der Waals surface area (Å²) in [6.45, 7) is 5.39. The topological polar surface area (TPSA) is 49.4 Å². The summed E-state index contributed by atoms with van der Waals surface area (Å²) < 4.78 is 0. The maximum absolute atomic E-state index is 12.2. The third-order valence-corrected chi connectivity index (χ3v) is 4.43. The maximum Gasteiger partial charge on any atom is 0.225 e. The first-order chi connectivity index (χ1) is 10.6. The molecule has 22 heavy (non-hydrogen) atoms. The van der Waals surface area contributed by atoms with Crippen molar-refractivity contribution in [1.82, 2.24) is 10.2 Å². The Hall–Kier alpha value is -1.84. The Morgan fingerprint density at radius 2 is 1.95 bits per heavy atom. The zero-order valence-electron chi connectivity index (χ0n) is 13.5. The van der Waals surface area contributed by atoms with E-state index in [9.17, 15) is 9.59 Å². The van der Waals surface area contributed by atoms with Crippen LogP contribution in [0.1, 0.15) is 38.7 Å². The first-order valence-corrected chi connectivity index (χ1v) is 8.26. The molecule has 0 radical (unpaired) electrons. The number of amides is 2. The van der Waals surface area contributed by atoms with Crippen LogP contribution in [0.4, 0.5) is 0 Å². The standard InChI is InChI=1S/C18H26N2O2/c1-3-16(4-2)19-18(22)15-12-17(21)20(13-15)11-10-14-8-6-5-7-9-14/h5-9,15-16H,3-4,10-13H2,1-2H3,(H,19,22). The molecular formula is C18H26N2O2. The molecule has 1 unspecified atom stereocenters. The fraction of sp³-hybridized carbons (Fsp3) is 0.556. The van der Waals surface area contributed by atoms with Crippen LogP contribution in [0, 0.1) is 5.92 Å². The van der Waals surface area contributed by atoms with Crippen molar-refractivity contribution in [3.05, 3.63) is 35.9 Å². The highest BCUT2D eigenvalue weighted by Crippen LogP contribution is 2.19. The van der Waals surface area contributed by atoms with Gasteiger partial charge < -0.3 is 10.2 Å². The van der Waals surface area contributed by atoms with Gasteiger partial charge in [0.2, 0.25) is 11.8 Å². The summed E-state index contributed by atoms with van der Waals surface area (Å²) in [7, 11) is 0. The predicted octanol–water partition coefficient (Wildman–Crippen LogP) is 2.38. The van der Waals surface area contributed by atoms with E-state index in [4.69, 9.17) is 0 Å². The minimum atomic E-state index is -0.191. The van der Waals surface area contributed by atoms with Gasteiger partial charge in [0.1, 0.15) is 0 Å². The van der Waals surface area contributed by atoms with Crippen LogP contribution in [0.15, 0.2) is 30.3 Å². The monoisotopic (exact) mass is 302 g/mol. The molecule has 1 aliphatic heterocycles. The van der Waals surface area contributed by atoms with E-state index < -0.39 is 0 Å². The van der Waals surface area contributed by atoms with Gasteiger partial charge in [-0.2, -0.15) is 0 Å². The third-order valence-electron chi connectivity index (χ3n) is 4.43. The third kappa shape index (κ3) is 4.33. The molecule has 1 aliphatic rings. The molecule has 1 heterocycles. The molecule has 1 fully saturated rings. The van der Waals surface area contributed by atoms with Gasteiger partial charge in [0.05, 0.1) is 5.92 Å². The smallest absolute Gasteiger partial charge is 0.225 e. The Labute approximate surface area is 132 Å². The highest BCUT2D eigenvalue weighted by Gasteiger charge is 2.34. The zero-order chi connectivity index (χ0) is 15.9. The summed E-state index contributed by atoms with van der Waals surface area (Å²) in [5, 5.41) is 3.06. The number of nitrogens with one attached hydrogen (secondary N) is 1. The molecule has 2 rings (SSSR count). The summed E-state index contributed by atoms with van der Waals surface area (Å²) >= 11 is 0. The lowest BCUT2D eigenvalue weighted by molar-refractivity contribution is -0.129. The fourth-order valence-electron chi connectivity index (χ4n) is 2.88. The highest BCUT2D eigenvalue weighted by atomic mass is 16.2. The largest absolute Gasteiger partial charge is 0.353 e. The van der Waals surface area contributed by atoms with Crippen molar-refractivity contribution in [1.29, 1.82) is 0 Å². The molecule has 1 aromatic rings. The summed E-state index contributed by atoms with van der Waals surface area (Å²) in [4.78, 5) is 26.2. The van der Waals surface area contributed by atoms with E-state index in [1.54, 1.807) is 0 Å². The van der Waals surface area contributed by atoms with Crippen LogP contribution in [0.3, 0.4) is 0 Å². The molecule has 2 amide bonds. The van der Waals surface area contributed by atoms with E-state index in [-0.39, 0.29) is 23.8 Å². The average molecular weight is 302 g/mol. The molecule has 0 saturated carbocycles. The van der Waals surface area contributed by atoms with Crippen molar-refractivity contribution in [2.45, 2.75) is 45.6 Å². The van der Waals surface area contributed by atoms with Crippen molar-refractivity contribution in [2.24, 2.45) is 5.92 Å². The molecule has 1 N–H and O–H groups in total. The molecule has 0 spiro atoms. The van der Waals surface area contributed by atoms with E-state index in [0.29, 0.717) is 19.5 Å². The van der Waals surface area contributed by atoms with Crippen LogP contribution in [0.25, 0.3) is 0 Å². The molecule has 0 bridgehead atoms. The van der Waals surface area contributed by atoms with Crippen LogP contribution in [0.5, 0.6) is 0 Å². The van der Waals surface area contributed by atoms with Gasteiger partial charge in [0, 0.05) is 25.6 Å². The minimum Gasteiger partial charge on any atom is -0.353 e. The van der Waals surface area contributed by atoms with Crippen molar-refractivity contribution in [2.75, 3.05) is 13.1 Å². The van der Waals surface area contributed by atoms with Crippen molar-refractivity contribution in [3.63, 3.8) is 0 Å². The average Bonchev–Trinajstić information content (AvgIpc) is 2.92. The van der Waals surface area contributed by atoms with E-state index in [1.807, 2.05) is 23.1 Å². The molecule has 0 aliphatic carbocycles. The lowest BCUT2D eigenvalue weighted by Crippen LogP contribution is -2.39. The highest BCUT2D eigenvalue weighted by molar-refractivity contribution is 5.89. The summed E-state index contributed by atoms with van der Waals surface area (Å²) in [6, 6.07) is 10.4. The molecule has 120 valence electrons. The van der Waals surface area contributed by atoms with Crippen LogP contribution in [-0.2, 0) is 16.0 Å². The van der Waals surface area contributed by atoms with Crippen molar-refractivity contribution >= 4 is 11.8 Å². The number of hydrogen-bond donors (Lipinski definition) is 1. The Kier molecular flexibility index (Phi) is 5.99. The van der Waals surface area contributed by atoms with Crippen LogP contribution in [0.2, 0.25) is 0 Å². The van der Waals surface area contributed by atoms with Crippen molar-refractivity contribution in [3.8, 4) is 0 Å². The minimum absolute atomic E-state index is 0.0317. The summed E-state index contributed by atoms with van der Waals surface area (Å²) in [6.07, 6.45) is 3.05. The molecular weight excluding hydrogens is 276 g/mol. The predicted molar refractivity (Wildman–Crippen MR) is 87.3 cm³/mol. The fourth-order valence-corrected chi connectivity index (χ4v) is 2.88. The quantitative estimate of drug-likeness (QED) is 0.840. The van der Waals surface area contributed by atoms with E-state index >= 15 is 0 Å². The first-order valence-electron chi connectivity index (χ1n) is 8.26. The Bertz CT molecular complexity index is 497. The summed E-state index contributed by atoms with van der Waals surface area (Å²) in [5.41, 5.74) is 1.22. The molecule has 4 heteroatoms. The lowest BCUT2D eigenvalue weighted by atomic mass is 10.1. The second kappa shape index (κ2) is 7.97. The van der Waals surface area contributed by atoms with Gasteiger partial charge in [-0.1, -0.05) is 44.2 Å². The molecule has 1 aromatic carbocycles. The molecule has 1 saturated heterocycles. The molecule has 0 aromatic heterocycles. The SMILES string of the molecule is CCC(CC)NC(=O)C1CC(=O)N(CCc2ccccc2)C1. The van der Waals surface area contributed by atoms with Gasteiger partial charge in [-0.25, -0.2) is 0 Å². The van der Waals surface area contributed by atoms with Gasteiger partial charge in [-0.05, 0) is 24.8 Å². The number of carbonyl (C=O) groups is 2. The number of hydrogen-bond acceptors (Lipinski definition) is 2. The van der Waals surface area contributed by atoms with Crippen molar-refractivity contribution < 1.29 is 9.59 Å². The van der Waals surface area contributed by atoms with Gasteiger partial charge in [0.25, 0.3) is 0 Å². The number of likely N-dealkylation sites (tertiary alicyclic amines) is 1. The number of benzene rings is 1. The van der Waals surface area contributed by atoms with E-state index in [0.717, 1.165) is 19.3 Å². The Morgan fingerprint density at radius 1 is 1.27 bits per heavy atom. The normalized spacial score (nSPS) is 18.0. The van der Waals surface area contributed by atoms with Crippen LogP contribution >= 0.6 is 0 Å². The Morgan fingerprint density at radius 3 is 2.59 bits per heavy atom. The second-order valence-corrected chi connectivity index (χ2v) is 6.00. The van der Waals surface area contributed by atoms with Gasteiger partial charge in [-0.3, -0.25) is 9.59 Å². The van der Waals surface area contributed by atoms with Gasteiger partial charge in [-0.15, -0.1) is 0 Å².